The lowest BCUT2D eigenvalue weighted by atomic mass is 9.94. The highest BCUT2D eigenvalue weighted by molar-refractivity contribution is 5.87. The summed E-state index contributed by atoms with van der Waals surface area (Å²) in [5.74, 6) is -1.00. The van der Waals surface area contributed by atoms with Crippen molar-refractivity contribution in [3.8, 4) is 0 Å². The number of nitrogens with zero attached hydrogens (tertiary/aromatic N) is 2. The fraction of sp³-hybridized carbons (Fsp3) is 0.833. The van der Waals surface area contributed by atoms with Gasteiger partial charge in [0.15, 0.2) is 0 Å². The molecule has 1 aliphatic heterocycles. The van der Waals surface area contributed by atoms with Crippen LogP contribution in [-0.4, -0.2) is 58.5 Å². The summed E-state index contributed by atoms with van der Waals surface area (Å²) in [5.41, 5.74) is -0.235. The monoisotopic (exact) mass is 242 g/mol. The van der Waals surface area contributed by atoms with E-state index in [0.29, 0.717) is 0 Å². The Bertz CT molecular complexity index is 315. The van der Waals surface area contributed by atoms with Gasteiger partial charge in [0.2, 0.25) is 5.91 Å². The second kappa shape index (κ2) is 5.04. The maximum atomic E-state index is 12.2. The number of carbonyl (C=O) groups excluding carboxylic acids is 1. The molecule has 0 bridgehead atoms. The fourth-order valence-corrected chi connectivity index (χ4v) is 2.30. The average Bonchev–Trinajstić information content (AvgIpc) is 2.21. The van der Waals surface area contributed by atoms with Crippen LogP contribution in [0.1, 0.15) is 33.6 Å². The molecule has 1 aliphatic rings. The van der Waals surface area contributed by atoms with Gasteiger partial charge in [0.05, 0.1) is 12.5 Å². The summed E-state index contributed by atoms with van der Waals surface area (Å²) in [6, 6.07) is -0.509. The molecule has 1 fully saturated rings. The maximum Gasteiger partial charge on any atom is 0.305 e. The summed E-state index contributed by atoms with van der Waals surface area (Å²) in [6.07, 6.45) is 0.808. The van der Waals surface area contributed by atoms with Crippen molar-refractivity contribution in [2.45, 2.75) is 45.2 Å². The molecule has 1 rings (SSSR count). The Morgan fingerprint density at radius 1 is 1.53 bits per heavy atom. The van der Waals surface area contributed by atoms with E-state index in [1.807, 2.05) is 25.7 Å². The highest BCUT2D eigenvalue weighted by atomic mass is 16.4. The van der Waals surface area contributed by atoms with E-state index >= 15 is 0 Å². The summed E-state index contributed by atoms with van der Waals surface area (Å²) in [6.45, 7) is 7.53. The lowest BCUT2D eigenvalue weighted by Crippen LogP contribution is -2.65. The summed E-state index contributed by atoms with van der Waals surface area (Å²) in [7, 11) is 1.75. The first-order chi connectivity index (χ1) is 7.79. The lowest BCUT2D eigenvalue weighted by molar-refractivity contribution is -0.154. The minimum Gasteiger partial charge on any atom is -0.481 e. The van der Waals surface area contributed by atoms with Gasteiger partial charge in [-0.25, -0.2) is 0 Å². The fourth-order valence-electron chi connectivity index (χ4n) is 2.30. The molecule has 0 aromatic heterocycles. The second-order valence-electron chi connectivity index (χ2n) is 5.29. The molecular weight excluding hydrogens is 220 g/mol. The molecular formula is C12H22N2O3. The maximum absolute atomic E-state index is 12.2. The summed E-state index contributed by atoms with van der Waals surface area (Å²) >= 11 is 0. The van der Waals surface area contributed by atoms with Crippen LogP contribution in [0.4, 0.5) is 0 Å². The van der Waals surface area contributed by atoms with Crippen LogP contribution >= 0.6 is 0 Å². The molecule has 98 valence electrons. The van der Waals surface area contributed by atoms with Gasteiger partial charge in [-0.05, 0) is 26.8 Å². The molecule has 0 aromatic rings. The van der Waals surface area contributed by atoms with Crippen LogP contribution < -0.4 is 0 Å². The van der Waals surface area contributed by atoms with E-state index in [1.165, 1.54) is 0 Å². The SMILES string of the molecule is CCCN1CC(C)(C)N(C)C(=O)C1CC(=O)O. The van der Waals surface area contributed by atoms with Crippen molar-refractivity contribution in [3.63, 3.8) is 0 Å². The van der Waals surface area contributed by atoms with E-state index < -0.39 is 12.0 Å². The van der Waals surface area contributed by atoms with Crippen molar-refractivity contribution >= 4 is 11.9 Å². The summed E-state index contributed by atoms with van der Waals surface area (Å²) in [4.78, 5) is 26.7. The van der Waals surface area contributed by atoms with Crippen LogP contribution in [0.15, 0.2) is 0 Å². The minimum absolute atomic E-state index is 0.0860. The van der Waals surface area contributed by atoms with Gasteiger partial charge in [0.25, 0.3) is 0 Å². The predicted molar refractivity (Wildman–Crippen MR) is 64.8 cm³/mol. The van der Waals surface area contributed by atoms with E-state index in [-0.39, 0.29) is 17.9 Å². The molecule has 0 spiro atoms. The van der Waals surface area contributed by atoms with Crippen molar-refractivity contribution in [1.29, 1.82) is 0 Å². The Labute approximate surface area is 102 Å². The van der Waals surface area contributed by atoms with Crippen molar-refractivity contribution < 1.29 is 14.7 Å². The molecule has 1 unspecified atom stereocenters. The quantitative estimate of drug-likeness (QED) is 0.792. The first kappa shape index (κ1) is 14.0. The number of hydrogen-bond acceptors (Lipinski definition) is 3. The Hall–Kier alpha value is -1.10. The molecule has 0 aromatic carbocycles. The minimum atomic E-state index is -0.919. The van der Waals surface area contributed by atoms with Crippen molar-refractivity contribution in [1.82, 2.24) is 9.80 Å². The van der Waals surface area contributed by atoms with E-state index in [0.717, 1.165) is 19.5 Å². The lowest BCUT2D eigenvalue weighted by Gasteiger charge is -2.48. The van der Waals surface area contributed by atoms with Gasteiger partial charge in [-0.3, -0.25) is 14.5 Å². The molecule has 5 heteroatoms. The number of amides is 1. The number of aliphatic carboxylic acids is 1. The number of carboxylic acid groups (broad SMARTS) is 1. The number of piperazine rings is 1. The molecule has 5 nitrogen and oxygen atoms in total. The topological polar surface area (TPSA) is 60.9 Å². The third-order valence-electron chi connectivity index (χ3n) is 3.43. The molecule has 0 saturated carbocycles. The Morgan fingerprint density at radius 3 is 2.59 bits per heavy atom. The van der Waals surface area contributed by atoms with Gasteiger partial charge in [-0.1, -0.05) is 6.92 Å². The Kier molecular flexibility index (Phi) is 4.14. The number of carbonyl (C=O) groups is 2. The van der Waals surface area contributed by atoms with E-state index in [4.69, 9.17) is 5.11 Å². The average molecular weight is 242 g/mol. The first-order valence-electron chi connectivity index (χ1n) is 6.03. The van der Waals surface area contributed by atoms with Crippen molar-refractivity contribution in [3.05, 3.63) is 0 Å². The summed E-state index contributed by atoms with van der Waals surface area (Å²) in [5, 5.41) is 8.89. The predicted octanol–water partition coefficient (Wildman–Crippen LogP) is 0.792. The molecule has 1 amide bonds. The summed E-state index contributed by atoms with van der Waals surface area (Å²) < 4.78 is 0. The van der Waals surface area contributed by atoms with Crippen LogP contribution in [0.3, 0.4) is 0 Å². The number of hydrogen-bond donors (Lipinski definition) is 1. The van der Waals surface area contributed by atoms with Gasteiger partial charge in [0.1, 0.15) is 0 Å². The molecule has 1 heterocycles. The first-order valence-corrected chi connectivity index (χ1v) is 6.03. The molecule has 1 N–H and O–H groups in total. The third-order valence-corrected chi connectivity index (χ3v) is 3.43. The highest BCUT2D eigenvalue weighted by Crippen LogP contribution is 2.25. The zero-order valence-electron chi connectivity index (χ0n) is 11.1. The molecule has 1 saturated heterocycles. The Morgan fingerprint density at radius 2 is 2.12 bits per heavy atom. The normalized spacial score (nSPS) is 25.1. The standard InChI is InChI=1S/C12H22N2O3/c1-5-6-14-8-12(2,3)13(4)11(17)9(14)7-10(15)16/h9H,5-8H2,1-4H3,(H,15,16). The van der Waals surface area contributed by atoms with E-state index in [2.05, 4.69) is 0 Å². The van der Waals surface area contributed by atoms with Crippen LogP contribution in [-0.2, 0) is 9.59 Å². The zero-order valence-corrected chi connectivity index (χ0v) is 11.1. The largest absolute Gasteiger partial charge is 0.481 e. The van der Waals surface area contributed by atoms with Gasteiger partial charge >= 0.3 is 5.97 Å². The molecule has 1 atom stereocenters. The highest BCUT2D eigenvalue weighted by Gasteiger charge is 2.43. The van der Waals surface area contributed by atoms with E-state index in [1.54, 1.807) is 11.9 Å². The van der Waals surface area contributed by atoms with Crippen LogP contribution in [0.2, 0.25) is 0 Å². The smallest absolute Gasteiger partial charge is 0.305 e. The zero-order chi connectivity index (χ0) is 13.2. The Balaban J connectivity index is 2.91. The van der Waals surface area contributed by atoms with Gasteiger partial charge < -0.3 is 10.0 Å². The van der Waals surface area contributed by atoms with E-state index in [9.17, 15) is 9.59 Å². The second-order valence-corrected chi connectivity index (χ2v) is 5.29. The van der Waals surface area contributed by atoms with Gasteiger partial charge in [-0.15, -0.1) is 0 Å². The van der Waals surface area contributed by atoms with Crippen LogP contribution in [0.25, 0.3) is 0 Å². The van der Waals surface area contributed by atoms with Gasteiger partial charge in [0, 0.05) is 19.1 Å². The number of likely N-dealkylation sites (N-methyl/N-ethyl adjacent to an activating group) is 1. The number of carboxylic acids is 1. The van der Waals surface area contributed by atoms with Crippen molar-refractivity contribution in [2.75, 3.05) is 20.1 Å². The van der Waals surface area contributed by atoms with Crippen molar-refractivity contribution in [2.24, 2.45) is 0 Å². The molecule has 0 aliphatic carbocycles. The molecule has 17 heavy (non-hydrogen) atoms. The van der Waals surface area contributed by atoms with Crippen LogP contribution in [0, 0.1) is 0 Å². The molecule has 0 radical (unpaired) electrons. The number of rotatable bonds is 4. The van der Waals surface area contributed by atoms with Gasteiger partial charge in [-0.2, -0.15) is 0 Å². The van der Waals surface area contributed by atoms with Crippen LogP contribution in [0.5, 0.6) is 0 Å². The third kappa shape index (κ3) is 2.97.